The summed E-state index contributed by atoms with van der Waals surface area (Å²) < 4.78 is 1.52. The van der Waals surface area contributed by atoms with Crippen LogP contribution in [0.2, 0.25) is 0 Å². The second-order valence-electron chi connectivity index (χ2n) is 5.11. The average Bonchev–Trinajstić information content (AvgIpc) is 2.78. The van der Waals surface area contributed by atoms with Crippen LogP contribution in [0.25, 0.3) is 0 Å². The molecular weight excluding hydrogens is 244 g/mol. The van der Waals surface area contributed by atoms with Gasteiger partial charge in [0, 0.05) is 20.1 Å². The number of aryl methyl sites for hydroxylation is 1. The van der Waals surface area contributed by atoms with Gasteiger partial charge in [-0.15, -0.1) is 0 Å². The first kappa shape index (κ1) is 13.8. The molecule has 7 heteroatoms. The number of urea groups is 1. The molecule has 2 rings (SSSR count). The Labute approximate surface area is 113 Å². The fourth-order valence-electron chi connectivity index (χ4n) is 2.17. The maximum absolute atomic E-state index is 11.6. The van der Waals surface area contributed by atoms with Crippen LogP contribution in [0.4, 0.5) is 10.7 Å². The number of piperidine rings is 1. The van der Waals surface area contributed by atoms with Crippen molar-refractivity contribution in [2.75, 3.05) is 31.5 Å². The summed E-state index contributed by atoms with van der Waals surface area (Å²) in [6, 6.07) is -0.235. The zero-order valence-electron chi connectivity index (χ0n) is 11.6. The van der Waals surface area contributed by atoms with E-state index in [1.54, 1.807) is 7.05 Å². The molecule has 2 heterocycles. The first-order chi connectivity index (χ1) is 9.15. The van der Waals surface area contributed by atoms with Gasteiger partial charge in [0.1, 0.15) is 6.33 Å². The predicted molar refractivity (Wildman–Crippen MR) is 72.9 cm³/mol. The van der Waals surface area contributed by atoms with Gasteiger partial charge in [0.25, 0.3) is 0 Å². The summed E-state index contributed by atoms with van der Waals surface area (Å²) in [4.78, 5) is 18.0. The van der Waals surface area contributed by atoms with E-state index in [1.165, 1.54) is 23.9 Å². The van der Waals surface area contributed by atoms with Crippen molar-refractivity contribution in [1.29, 1.82) is 0 Å². The van der Waals surface area contributed by atoms with Crippen molar-refractivity contribution >= 4 is 12.0 Å². The standard InChI is InChI=1S/C12H22N6O/c1-10-3-6-18(7-4-10)8-5-13-12(19)16-11-14-9-15-17(11)2/h9-10H,3-8H2,1-2H3,(H2,13,14,15,16,19). The van der Waals surface area contributed by atoms with E-state index in [1.807, 2.05) is 0 Å². The summed E-state index contributed by atoms with van der Waals surface area (Å²) in [6.45, 7) is 6.11. The van der Waals surface area contributed by atoms with Crippen LogP contribution in [0.1, 0.15) is 19.8 Å². The van der Waals surface area contributed by atoms with Crippen molar-refractivity contribution in [1.82, 2.24) is 25.0 Å². The molecule has 7 nitrogen and oxygen atoms in total. The summed E-state index contributed by atoms with van der Waals surface area (Å²) in [5.74, 6) is 1.28. The molecule has 2 N–H and O–H groups in total. The quantitative estimate of drug-likeness (QED) is 0.840. The highest BCUT2D eigenvalue weighted by atomic mass is 16.2. The summed E-state index contributed by atoms with van der Waals surface area (Å²) in [7, 11) is 1.73. The van der Waals surface area contributed by atoms with E-state index in [4.69, 9.17) is 0 Å². The Morgan fingerprint density at radius 2 is 2.21 bits per heavy atom. The maximum Gasteiger partial charge on any atom is 0.321 e. The molecule has 19 heavy (non-hydrogen) atoms. The third-order valence-corrected chi connectivity index (χ3v) is 3.53. The molecule has 0 spiro atoms. The maximum atomic E-state index is 11.6. The lowest BCUT2D eigenvalue weighted by Gasteiger charge is -2.30. The minimum atomic E-state index is -0.235. The molecule has 0 saturated carbocycles. The van der Waals surface area contributed by atoms with Gasteiger partial charge >= 0.3 is 6.03 Å². The van der Waals surface area contributed by atoms with Crippen LogP contribution < -0.4 is 10.6 Å². The van der Waals surface area contributed by atoms with Crippen molar-refractivity contribution in [3.8, 4) is 0 Å². The highest BCUT2D eigenvalue weighted by Crippen LogP contribution is 2.14. The number of nitrogens with one attached hydrogen (secondary N) is 2. The molecule has 2 amide bonds. The highest BCUT2D eigenvalue weighted by Gasteiger charge is 2.15. The van der Waals surface area contributed by atoms with Crippen LogP contribution in [0.3, 0.4) is 0 Å². The molecule has 0 aromatic carbocycles. The molecule has 0 atom stereocenters. The molecule has 1 aromatic heterocycles. The summed E-state index contributed by atoms with van der Waals surface area (Å²) in [5.41, 5.74) is 0. The van der Waals surface area contributed by atoms with E-state index in [2.05, 4.69) is 32.5 Å². The number of hydrogen-bond donors (Lipinski definition) is 2. The van der Waals surface area contributed by atoms with E-state index < -0.39 is 0 Å². The zero-order chi connectivity index (χ0) is 13.7. The van der Waals surface area contributed by atoms with E-state index in [0.29, 0.717) is 12.5 Å². The van der Waals surface area contributed by atoms with E-state index in [0.717, 1.165) is 25.6 Å². The molecule has 0 unspecified atom stereocenters. The minimum Gasteiger partial charge on any atom is -0.337 e. The van der Waals surface area contributed by atoms with Crippen LogP contribution in [0.5, 0.6) is 0 Å². The Bertz CT molecular complexity index is 410. The number of anilines is 1. The second-order valence-corrected chi connectivity index (χ2v) is 5.11. The lowest BCUT2D eigenvalue weighted by Crippen LogP contribution is -2.40. The van der Waals surface area contributed by atoms with Crippen LogP contribution in [-0.2, 0) is 7.05 Å². The van der Waals surface area contributed by atoms with Gasteiger partial charge in [0.15, 0.2) is 0 Å². The van der Waals surface area contributed by atoms with Crippen LogP contribution in [0, 0.1) is 5.92 Å². The molecule has 0 bridgehead atoms. The molecule has 1 saturated heterocycles. The number of carbonyl (C=O) groups excluding carboxylic acids is 1. The molecule has 106 valence electrons. The molecule has 0 aliphatic carbocycles. The van der Waals surface area contributed by atoms with Gasteiger partial charge in [-0.25, -0.2) is 9.48 Å². The van der Waals surface area contributed by atoms with Crippen molar-refractivity contribution in [2.45, 2.75) is 19.8 Å². The molecule has 1 fully saturated rings. The van der Waals surface area contributed by atoms with Gasteiger partial charge < -0.3 is 10.2 Å². The van der Waals surface area contributed by atoms with Crippen LogP contribution >= 0.6 is 0 Å². The van der Waals surface area contributed by atoms with Gasteiger partial charge in [-0.1, -0.05) is 6.92 Å². The summed E-state index contributed by atoms with van der Waals surface area (Å²) in [5, 5.41) is 9.37. The van der Waals surface area contributed by atoms with Gasteiger partial charge in [0.2, 0.25) is 5.95 Å². The monoisotopic (exact) mass is 266 g/mol. The van der Waals surface area contributed by atoms with Gasteiger partial charge in [0.05, 0.1) is 0 Å². The molecule has 1 aromatic rings. The molecule has 0 radical (unpaired) electrons. The lowest BCUT2D eigenvalue weighted by atomic mass is 9.99. The highest BCUT2D eigenvalue weighted by molar-refractivity contribution is 5.87. The molecular formula is C12H22N6O. The Morgan fingerprint density at radius 1 is 1.47 bits per heavy atom. The number of amides is 2. The van der Waals surface area contributed by atoms with Crippen LogP contribution in [-0.4, -0.2) is 51.9 Å². The third kappa shape index (κ3) is 4.20. The fourth-order valence-corrected chi connectivity index (χ4v) is 2.17. The van der Waals surface area contributed by atoms with Gasteiger partial charge in [-0.05, 0) is 31.8 Å². The number of likely N-dealkylation sites (tertiary alicyclic amines) is 1. The summed E-state index contributed by atoms with van der Waals surface area (Å²) >= 11 is 0. The average molecular weight is 266 g/mol. The van der Waals surface area contributed by atoms with E-state index in [9.17, 15) is 4.79 Å². The Morgan fingerprint density at radius 3 is 2.84 bits per heavy atom. The fraction of sp³-hybridized carbons (Fsp3) is 0.750. The van der Waals surface area contributed by atoms with E-state index in [-0.39, 0.29) is 6.03 Å². The number of hydrogen-bond acceptors (Lipinski definition) is 4. The third-order valence-electron chi connectivity index (χ3n) is 3.53. The zero-order valence-corrected chi connectivity index (χ0v) is 11.6. The predicted octanol–water partition coefficient (Wildman–Crippen LogP) is 0.668. The Balaban J connectivity index is 1.63. The second kappa shape index (κ2) is 6.51. The number of rotatable bonds is 4. The first-order valence-electron chi connectivity index (χ1n) is 6.76. The van der Waals surface area contributed by atoms with E-state index >= 15 is 0 Å². The van der Waals surface area contributed by atoms with Crippen LogP contribution in [0.15, 0.2) is 6.33 Å². The summed E-state index contributed by atoms with van der Waals surface area (Å²) in [6.07, 6.45) is 3.92. The largest absolute Gasteiger partial charge is 0.337 e. The minimum absolute atomic E-state index is 0.235. The molecule has 1 aliphatic heterocycles. The smallest absolute Gasteiger partial charge is 0.321 e. The Hall–Kier alpha value is -1.63. The normalized spacial score (nSPS) is 17.4. The lowest BCUT2D eigenvalue weighted by molar-refractivity contribution is 0.192. The number of nitrogens with zero attached hydrogens (tertiary/aromatic N) is 4. The van der Waals surface area contributed by atoms with Gasteiger partial charge in [-0.3, -0.25) is 5.32 Å². The van der Waals surface area contributed by atoms with Crippen molar-refractivity contribution < 1.29 is 4.79 Å². The number of aromatic nitrogens is 3. The van der Waals surface area contributed by atoms with Crippen molar-refractivity contribution in [2.24, 2.45) is 13.0 Å². The van der Waals surface area contributed by atoms with Crippen molar-refractivity contribution in [3.05, 3.63) is 6.33 Å². The molecule has 1 aliphatic rings. The Kier molecular flexibility index (Phi) is 4.73. The topological polar surface area (TPSA) is 75.1 Å². The van der Waals surface area contributed by atoms with Gasteiger partial charge in [-0.2, -0.15) is 10.1 Å². The SMILES string of the molecule is CC1CCN(CCNC(=O)Nc2ncnn2C)CC1. The van der Waals surface area contributed by atoms with Crippen molar-refractivity contribution in [3.63, 3.8) is 0 Å². The number of carbonyl (C=O) groups is 1. The first-order valence-corrected chi connectivity index (χ1v) is 6.76.